The number of carbonyl (C=O) groups is 1. The molecule has 0 aromatic heterocycles. The fraction of sp³-hybridized carbons (Fsp3) is 0.214. The van der Waals surface area contributed by atoms with Gasteiger partial charge in [-0.2, -0.15) is 0 Å². The van der Waals surface area contributed by atoms with E-state index in [0.717, 1.165) is 16.5 Å². The van der Waals surface area contributed by atoms with Crippen molar-refractivity contribution in [3.63, 3.8) is 0 Å². The molecule has 0 saturated carbocycles. The summed E-state index contributed by atoms with van der Waals surface area (Å²) < 4.78 is 10.8. The number of ether oxygens (including phenoxy) is 2. The molecule has 4 heteroatoms. The highest BCUT2D eigenvalue weighted by Gasteiger charge is 2.23. The summed E-state index contributed by atoms with van der Waals surface area (Å²) in [5.41, 5.74) is 0. The predicted molar refractivity (Wildman–Crippen MR) is 67.7 cm³/mol. The molecule has 1 N–H and O–H groups in total. The fourth-order valence-electron chi connectivity index (χ4n) is 2.03. The maximum absolute atomic E-state index is 10.9. The Morgan fingerprint density at radius 2 is 2.06 bits per heavy atom. The lowest BCUT2D eigenvalue weighted by Gasteiger charge is -2.12. The third kappa shape index (κ3) is 2.09. The van der Waals surface area contributed by atoms with Crippen LogP contribution in [0.15, 0.2) is 42.5 Å². The number of alkyl carbamates (subject to hydrolysis) is 1. The van der Waals surface area contributed by atoms with Crippen LogP contribution in [-0.2, 0) is 4.74 Å². The van der Waals surface area contributed by atoms with Gasteiger partial charge in [-0.15, -0.1) is 0 Å². The number of fused-ring (bicyclic) bond motifs is 1. The summed E-state index contributed by atoms with van der Waals surface area (Å²) in [6, 6.07) is 14.0. The molecule has 0 radical (unpaired) electrons. The molecule has 18 heavy (non-hydrogen) atoms. The van der Waals surface area contributed by atoms with Crippen LogP contribution in [0.3, 0.4) is 0 Å². The van der Waals surface area contributed by atoms with E-state index in [1.807, 2.05) is 42.5 Å². The Balaban J connectivity index is 1.76. The maximum atomic E-state index is 10.9. The largest absolute Gasteiger partial charge is 0.489 e. The van der Waals surface area contributed by atoms with Crippen molar-refractivity contribution < 1.29 is 14.3 Å². The molecular weight excluding hydrogens is 230 g/mol. The van der Waals surface area contributed by atoms with Crippen molar-refractivity contribution in [1.29, 1.82) is 0 Å². The number of cyclic esters (lactones) is 1. The molecule has 1 saturated heterocycles. The molecule has 2 aromatic carbocycles. The Morgan fingerprint density at radius 3 is 2.89 bits per heavy atom. The van der Waals surface area contributed by atoms with Gasteiger partial charge in [0, 0.05) is 5.39 Å². The van der Waals surface area contributed by atoms with Crippen molar-refractivity contribution in [2.75, 3.05) is 13.2 Å². The minimum Gasteiger partial charge on any atom is -0.489 e. The summed E-state index contributed by atoms with van der Waals surface area (Å²) in [6.07, 6.45) is -0.585. The van der Waals surface area contributed by atoms with Gasteiger partial charge in [0.1, 0.15) is 12.4 Å². The van der Waals surface area contributed by atoms with Gasteiger partial charge in [0.05, 0.1) is 6.54 Å². The molecule has 1 aliphatic heterocycles. The number of rotatable bonds is 3. The first kappa shape index (κ1) is 10.9. The van der Waals surface area contributed by atoms with Gasteiger partial charge in [-0.3, -0.25) is 0 Å². The molecule has 1 aliphatic rings. The molecule has 0 spiro atoms. The van der Waals surface area contributed by atoms with Crippen LogP contribution in [0, 0.1) is 0 Å². The van der Waals surface area contributed by atoms with Crippen LogP contribution in [0.5, 0.6) is 5.75 Å². The van der Waals surface area contributed by atoms with Gasteiger partial charge in [-0.1, -0.05) is 36.4 Å². The van der Waals surface area contributed by atoms with Crippen LogP contribution in [0.2, 0.25) is 0 Å². The molecule has 0 unspecified atom stereocenters. The molecule has 1 fully saturated rings. The average molecular weight is 243 g/mol. The minimum absolute atomic E-state index is 0.212. The molecular formula is C14H13NO3. The fourth-order valence-corrected chi connectivity index (χ4v) is 2.03. The normalized spacial score (nSPS) is 18.4. The van der Waals surface area contributed by atoms with Crippen molar-refractivity contribution in [2.24, 2.45) is 0 Å². The maximum Gasteiger partial charge on any atom is 0.407 e. The van der Waals surface area contributed by atoms with Crippen LogP contribution in [0.1, 0.15) is 0 Å². The van der Waals surface area contributed by atoms with Crippen LogP contribution in [0.25, 0.3) is 10.8 Å². The van der Waals surface area contributed by atoms with E-state index in [1.54, 1.807) is 0 Å². The molecule has 1 heterocycles. The van der Waals surface area contributed by atoms with Crippen molar-refractivity contribution in [3.8, 4) is 5.75 Å². The molecule has 3 rings (SSSR count). The second-order valence-electron chi connectivity index (χ2n) is 4.20. The van der Waals surface area contributed by atoms with E-state index in [-0.39, 0.29) is 12.2 Å². The Hall–Kier alpha value is -2.23. The smallest absolute Gasteiger partial charge is 0.407 e. The van der Waals surface area contributed by atoms with E-state index >= 15 is 0 Å². The highest BCUT2D eigenvalue weighted by atomic mass is 16.6. The van der Waals surface area contributed by atoms with Gasteiger partial charge in [-0.05, 0) is 11.5 Å². The van der Waals surface area contributed by atoms with Gasteiger partial charge in [0.15, 0.2) is 6.10 Å². The summed E-state index contributed by atoms with van der Waals surface area (Å²) >= 11 is 0. The second-order valence-corrected chi connectivity index (χ2v) is 4.20. The summed E-state index contributed by atoms with van der Waals surface area (Å²) in [4.78, 5) is 10.9. The zero-order chi connectivity index (χ0) is 12.4. The summed E-state index contributed by atoms with van der Waals surface area (Å²) in [5.74, 6) is 0.816. The summed E-state index contributed by atoms with van der Waals surface area (Å²) in [6.45, 7) is 0.871. The summed E-state index contributed by atoms with van der Waals surface area (Å²) in [5, 5.41) is 4.80. The molecule has 1 amide bonds. The Labute approximate surface area is 105 Å². The topological polar surface area (TPSA) is 47.6 Å². The molecule has 0 aliphatic carbocycles. The monoisotopic (exact) mass is 243 g/mol. The zero-order valence-corrected chi connectivity index (χ0v) is 9.76. The molecule has 2 aromatic rings. The van der Waals surface area contributed by atoms with E-state index in [2.05, 4.69) is 5.32 Å². The van der Waals surface area contributed by atoms with E-state index in [1.165, 1.54) is 0 Å². The van der Waals surface area contributed by atoms with Crippen LogP contribution >= 0.6 is 0 Å². The Bertz CT molecular complexity index is 577. The lowest BCUT2D eigenvalue weighted by Crippen LogP contribution is -2.21. The zero-order valence-electron chi connectivity index (χ0n) is 9.76. The van der Waals surface area contributed by atoms with E-state index < -0.39 is 0 Å². The lowest BCUT2D eigenvalue weighted by molar-refractivity contribution is 0.105. The first-order valence-electron chi connectivity index (χ1n) is 5.88. The Kier molecular flexibility index (Phi) is 2.76. The number of hydrogen-bond donors (Lipinski definition) is 1. The molecule has 0 bridgehead atoms. The second kappa shape index (κ2) is 4.56. The van der Waals surface area contributed by atoms with E-state index in [9.17, 15) is 4.79 Å². The van der Waals surface area contributed by atoms with Crippen LogP contribution < -0.4 is 10.1 Å². The van der Waals surface area contributed by atoms with Crippen molar-refractivity contribution in [1.82, 2.24) is 5.32 Å². The molecule has 4 nitrogen and oxygen atoms in total. The predicted octanol–water partition coefficient (Wildman–Crippen LogP) is 2.33. The highest BCUT2D eigenvalue weighted by molar-refractivity contribution is 5.88. The first-order valence-corrected chi connectivity index (χ1v) is 5.88. The van der Waals surface area contributed by atoms with Gasteiger partial charge in [-0.25, -0.2) is 4.79 Å². The minimum atomic E-state index is -0.374. The number of amides is 1. The number of benzene rings is 2. The van der Waals surface area contributed by atoms with Gasteiger partial charge >= 0.3 is 6.09 Å². The quantitative estimate of drug-likeness (QED) is 0.900. The average Bonchev–Trinajstić information content (AvgIpc) is 2.82. The third-order valence-corrected chi connectivity index (χ3v) is 2.92. The SMILES string of the molecule is O=C1NC[C@H](COc2cccc3ccccc23)O1. The number of carbonyl (C=O) groups excluding carboxylic acids is 1. The van der Waals surface area contributed by atoms with Crippen LogP contribution in [-0.4, -0.2) is 25.3 Å². The molecule has 1 atom stereocenters. The lowest BCUT2D eigenvalue weighted by atomic mass is 10.1. The van der Waals surface area contributed by atoms with Crippen LogP contribution in [0.4, 0.5) is 4.79 Å². The summed E-state index contributed by atoms with van der Waals surface area (Å²) in [7, 11) is 0. The standard InChI is InChI=1S/C14H13NO3/c16-14-15-8-11(18-14)9-17-13-7-3-5-10-4-1-2-6-12(10)13/h1-7,11H,8-9H2,(H,15,16)/t11-/m1/s1. The van der Waals surface area contributed by atoms with Crippen molar-refractivity contribution in [2.45, 2.75) is 6.10 Å². The number of nitrogens with one attached hydrogen (secondary N) is 1. The van der Waals surface area contributed by atoms with Crippen molar-refractivity contribution in [3.05, 3.63) is 42.5 Å². The van der Waals surface area contributed by atoms with E-state index in [4.69, 9.17) is 9.47 Å². The highest BCUT2D eigenvalue weighted by Crippen LogP contribution is 2.25. The van der Waals surface area contributed by atoms with Gasteiger partial charge in [0.25, 0.3) is 0 Å². The number of hydrogen-bond acceptors (Lipinski definition) is 3. The van der Waals surface area contributed by atoms with Gasteiger partial charge < -0.3 is 14.8 Å². The Morgan fingerprint density at radius 1 is 1.22 bits per heavy atom. The van der Waals surface area contributed by atoms with E-state index in [0.29, 0.717) is 13.2 Å². The third-order valence-electron chi connectivity index (χ3n) is 2.92. The molecule has 92 valence electrons. The van der Waals surface area contributed by atoms with Crippen molar-refractivity contribution >= 4 is 16.9 Å². The first-order chi connectivity index (χ1) is 8.83. The van der Waals surface area contributed by atoms with Gasteiger partial charge in [0.2, 0.25) is 0 Å².